The van der Waals surface area contributed by atoms with E-state index in [0.717, 1.165) is 43.7 Å². The SMILES string of the molecule is CO[C@H]1[C@@H](OC(C)=O)[C@H](n2ccc(=O)[nH]c2=O)O[C@@H]1[C@@H](O[C@H]1OC(C(=O)NCCSSCCNC(C)=O)=C[C@H](OC(C)=O)[C@@H]1OC(C)=O)C(N)=O. The highest BCUT2D eigenvalue weighted by molar-refractivity contribution is 8.76. The van der Waals surface area contributed by atoms with Gasteiger partial charge in [0.25, 0.3) is 11.5 Å². The van der Waals surface area contributed by atoms with E-state index in [2.05, 4.69) is 10.6 Å². The maximum atomic E-state index is 13.2. The summed E-state index contributed by atoms with van der Waals surface area (Å²) in [6, 6.07) is 1.01. The number of methoxy groups -OCH3 is 1. The molecule has 0 spiro atoms. The summed E-state index contributed by atoms with van der Waals surface area (Å²) in [6.07, 6.45) is -10.4. The number of nitrogens with two attached hydrogens (primary N) is 1. The van der Waals surface area contributed by atoms with Gasteiger partial charge in [0.05, 0.1) is 0 Å². The largest absolute Gasteiger partial charge is 0.455 e. The molecular formula is C29H39N5O15S2. The van der Waals surface area contributed by atoms with Crippen LogP contribution in [0.25, 0.3) is 0 Å². The first-order valence-electron chi connectivity index (χ1n) is 15.2. The lowest BCUT2D eigenvalue weighted by Crippen LogP contribution is -2.55. The number of primary amides is 1. The number of carbonyl (C=O) groups excluding carboxylic acids is 6. The Kier molecular flexibility index (Phi) is 15.5. The van der Waals surface area contributed by atoms with Gasteiger partial charge < -0.3 is 49.5 Å². The Bertz CT molecular complexity index is 1600. The van der Waals surface area contributed by atoms with Gasteiger partial charge in [0.1, 0.15) is 12.2 Å². The third-order valence-corrected chi connectivity index (χ3v) is 9.28. The summed E-state index contributed by atoms with van der Waals surface area (Å²) in [5.74, 6) is -3.97. The quantitative estimate of drug-likeness (QED) is 0.0578. The van der Waals surface area contributed by atoms with Crippen LogP contribution in [0, 0.1) is 0 Å². The molecule has 22 heteroatoms. The van der Waals surface area contributed by atoms with E-state index in [1.54, 1.807) is 0 Å². The van der Waals surface area contributed by atoms with Crippen LogP contribution < -0.4 is 27.6 Å². The summed E-state index contributed by atoms with van der Waals surface area (Å²) in [6.45, 7) is 5.24. The Balaban J connectivity index is 1.89. The molecule has 3 heterocycles. The summed E-state index contributed by atoms with van der Waals surface area (Å²) in [7, 11) is 4.10. The minimum absolute atomic E-state index is 0.145. The molecular weight excluding hydrogens is 722 g/mol. The van der Waals surface area contributed by atoms with Gasteiger partial charge in [-0.3, -0.25) is 43.1 Å². The average Bonchev–Trinajstić information content (AvgIpc) is 3.37. The van der Waals surface area contributed by atoms with Crippen molar-refractivity contribution in [3.8, 4) is 0 Å². The van der Waals surface area contributed by atoms with Gasteiger partial charge in [-0.2, -0.15) is 0 Å². The van der Waals surface area contributed by atoms with Gasteiger partial charge in [-0.1, -0.05) is 21.6 Å². The number of amides is 3. The summed E-state index contributed by atoms with van der Waals surface area (Å²) in [5, 5.41) is 5.30. The van der Waals surface area contributed by atoms with Crippen LogP contribution in [0.15, 0.2) is 33.7 Å². The lowest BCUT2D eigenvalue weighted by Gasteiger charge is -2.37. The number of nitrogens with one attached hydrogen (secondary N) is 3. The van der Waals surface area contributed by atoms with Gasteiger partial charge in [-0.25, -0.2) is 4.79 Å². The second-order valence-corrected chi connectivity index (χ2v) is 13.5. The zero-order valence-electron chi connectivity index (χ0n) is 28.1. The van der Waals surface area contributed by atoms with Crippen LogP contribution >= 0.6 is 21.6 Å². The fourth-order valence-corrected chi connectivity index (χ4v) is 6.76. The van der Waals surface area contributed by atoms with Gasteiger partial charge in [0.15, 0.2) is 30.3 Å². The normalized spacial score (nSPS) is 24.6. The molecule has 0 radical (unpaired) electrons. The van der Waals surface area contributed by atoms with Crippen molar-refractivity contribution in [3.05, 3.63) is 44.9 Å². The lowest BCUT2D eigenvalue weighted by atomic mass is 10.0. The average molecular weight is 762 g/mol. The van der Waals surface area contributed by atoms with Crippen molar-refractivity contribution >= 4 is 57.2 Å². The first kappa shape index (κ1) is 41.0. The van der Waals surface area contributed by atoms with Crippen LogP contribution in [0.4, 0.5) is 0 Å². The van der Waals surface area contributed by atoms with Crippen LogP contribution in [0.1, 0.15) is 33.9 Å². The predicted molar refractivity (Wildman–Crippen MR) is 176 cm³/mol. The van der Waals surface area contributed by atoms with E-state index >= 15 is 0 Å². The number of esters is 3. The molecule has 0 aliphatic carbocycles. The second kappa shape index (κ2) is 19.3. The topological polar surface area (TPSA) is 272 Å². The van der Waals surface area contributed by atoms with Crippen LogP contribution in [-0.4, -0.2) is 120 Å². The van der Waals surface area contributed by atoms with Crippen molar-refractivity contribution in [2.45, 2.75) is 76.8 Å². The van der Waals surface area contributed by atoms with Crippen molar-refractivity contribution in [3.63, 3.8) is 0 Å². The number of hydrogen-bond acceptors (Lipinski definition) is 17. The number of aromatic nitrogens is 2. The molecule has 51 heavy (non-hydrogen) atoms. The number of hydrogen-bond donors (Lipinski definition) is 4. The molecule has 5 N–H and O–H groups in total. The molecule has 3 amide bonds. The molecule has 2 aliphatic heterocycles. The molecule has 282 valence electrons. The van der Waals surface area contributed by atoms with Gasteiger partial charge in [-0.05, 0) is 0 Å². The molecule has 1 saturated heterocycles. The van der Waals surface area contributed by atoms with Crippen molar-refractivity contribution in [2.75, 3.05) is 31.7 Å². The van der Waals surface area contributed by atoms with Gasteiger partial charge in [0.2, 0.25) is 24.2 Å². The molecule has 1 aromatic heterocycles. The summed E-state index contributed by atoms with van der Waals surface area (Å²) >= 11 is 0. The fraction of sp³-hybridized carbons (Fsp3) is 0.586. The molecule has 0 aromatic carbocycles. The van der Waals surface area contributed by atoms with Gasteiger partial charge >= 0.3 is 23.6 Å². The molecule has 20 nitrogen and oxygen atoms in total. The number of carbonyl (C=O) groups is 6. The molecule has 0 bridgehead atoms. The van der Waals surface area contributed by atoms with E-state index in [-0.39, 0.29) is 12.5 Å². The molecule has 0 unspecified atom stereocenters. The van der Waals surface area contributed by atoms with E-state index in [4.69, 9.17) is 38.9 Å². The molecule has 1 aromatic rings. The minimum atomic E-state index is -1.88. The van der Waals surface area contributed by atoms with Crippen LogP contribution in [0.5, 0.6) is 0 Å². The minimum Gasteiger partial charge on any atom is -0.455 e. The number of aromatic amines is 1. The third-order valence-electron chi connectivity index (χ3n) is 6.88. The predicted octanol–water partition coefficient (Wildman–Crippen LogP) is -2.01. The Morgan fingerprint density at radius 3 is 2.08 bits per heavy atom. The van der Waals surface area contributed by atoms with E-state index in [0.29, 0.717) is 18.1 Å². The maximum absolute atomic E-state index is 13.2. The molecule has 1 fully saturated rings. The molecule has 3 rings (SSSR count). The summed E-state index contributed by atoms with van der Waals surface area (Å²) in [5.41, 5.74) is 4.06. The van der Waals surface area contributed by atoms with Crippen molar-refractivity contribution in [1.29, 1.82) is 0 Å². The van der Waals surface area contributed by atoms with Crippen LogP contribution in [0.2, 0.25) is 0 Å². The smallest absolute Gasteiger partial charge is 0.330 e. The Morgan fingerprint density at radius 2 is 1.53 bits per heavy atom. The fourth-order valence-electron chi connectivity index (χ4n) is 4.95. The first-order chi connectivity index (χ1) is 24.1. The summed E-state index contributed by atoms with van der Waals surface area (Å²) in [4.78, 5) is 99.8. The number of ether oxygens (including phenoxy) is 7. The zero-order chi connectivity index (χ0) is 37.8. The van der Waals surface area contributed by atoms with Crippen molar-refractivity contribution < 1.29 is 61.9 Å². The van der Waals surface area contributed by atoms with E-state index < -0.39 is 95.9 Å². The highest BCUT2D eigenvalue weighted by atomic mass is 33.1. The van der Waals surface area contributed by atoms with Crippen molar-refractivity contribution in [2.24, 2.45) is 5.73 Å². The second-order valence-electron chi connectivity index (χ2n) is 10.8. The summed E-state index contributed by atoms with van der Waals surface area (Å²) < 4.78 is 40.2. The Hall–Kier alpha value is -4.38. The third kappa shape index (κ3) is 11.8. The molecule has 2 aliphatic rings. The van der Waals surface area contributed by atoms with E-state index in [1.807, 2.05) is 4.98 Å². The maximum Gasteiger partial charge on any atom is 0.330 e. The van der Waals surface area contributed by atoms with E-state index in [1.165, 1.54) is 35.6 Å². The van der Waals surface area contributed by atoms with E-state index in [9.17, 15) is 38.4 Å². The zero-order valence-corrected chi connectivity index (χ0v) is 29.8. The number of H-pyrrole nitrogens is 1. The van der Waals surface area contributed by atoms with Gasteiger partial charge in [-0.15, -0.1) is 0 Å². The highest BCUT2D eigenvalue weighted by Crippen LogP contribution is 2.36. The Morgan fingerprint density at radius 1 is 0.922 bits per heavy atom. The molecule has 0 saturated carbocycles. The van der Waals surface area contributed by atoms with Crippen molar-refractivity contribution in [1.82, 2.24) is 20.2 Å². The van der Waals surface area contributed by atoms with Crippen LogP contribution in [0.3, 0.4) is 0 Å². The lowest BCUT2D eigenvalue weighted by molar-refractivity contribution is -0.249. The number of nitrogens with zero attached hydrogens (tertiary/aromatic N) is 1. The first-order valence-corrected chi connectivity index (χ1v) is 17.7. The van der Waals surface area contributed by atoms with Gasteiger partial charge in [0, 0.05) is 77.7 Å². The van der Waals surface area contributed by atoms with Crippen LogP contribution in [-0.2, 0) is 61.9 Å². The Labute approximate surface area is 298 Å². The standard InChI is InChI=1S/C29H39N5O15S2/c1-13(35)31-7-10-50-51-11-8-32-26(41)18-12-17(44-14(2)36)20(45-15(3)37)28(47-18)49-23(25(30)40)22-21(43-5)24(46-16(4)38)27(48-22)34-9-6-19(39)33-29(34)42/h6,9,12,17,20-24,27-28H,7-8,10-11H2,1-5H3,(H2,30,40)(H,31,35)(H,32,41)(H,33,39,42)/t17-,20-,21+,22-,23+,24+,27+,28+/m0/s1. The number of rotatable bonds is 17. The monoisotopic (exact) mass is 761 g/mol. The highest BCUT2D eigenvalue weighted by Gasteiger charge is 2.55. The molecule has 8 atom stereocenters.